The first-order valence-electron chi connectivity index (χ1n) is 5.52. The second-order valence-electron chi connectivity index (χ2n) is 4.18. The number of aliphatic carboxylic acids is 1. The van der Waals surface area contributed by atoms with Crippen LogP contribution in [0.15, 0.2) is 53.5 Å². The largest absolute Gasteiger partial charge is 0.481 e. The van der Waals surface area contributed by atoms with Gasteiger partial charge < -0.3 is 5.11 Å². The minimum Gasteiger partial charge on any atom is -0.481 e. The Labute approximate surface area is 114 Å². The summed E-state index contributed by atoms with van der Waals surface area (Å²) >= 11 is 4.23. The number of carbonyl (C=O) groups is 1. The van der Waals surface area contributed by atoms with Gasteiger partial charge in [0.1, 0.15) is 0 Å². The fourth-order valence-corrected chi connectivity index (χ4v) is 2.34. The highest BCUT2D eigenvalue weighted by molar-refractivity contribution is 7.80. The highest BCUT2D eigenvalue weighted by atomic mass is 32.1. The first-order valence-corrected chi connectivity index (χ1v) is 5.96. The lowest BCUT2D eigenvalue weighted by atomic mass is 9.84. The van der Waals surface area contributed by atoms with Gasteiger partial charge >= 0.3 is 5.97 Å². The molecule has 0 heterocycles. The zero-order valence-electron chi connectivity index (χ0n) is 9.76. The molecule has 0 amide bonds. The number of benzene rings is 1. The van der Waals surface area contributed by atoms with Gasteiger partial charge in [0.15, 0.2) is 0 Å². The Morgan fingerprint density at radius 3 is 2.37 bits per heavy atom. The first-order chi connectivity index (χ1) is 8.97. The quantitative estimate of drug-likeness (QED) is 0.384. The maximum atomic E-state index is 11.4. The first kappa shape index (κ1) is 13.4. The lowest BCUT2D eigenvalue weighted by Gasteiger charge is -2.23. The summed E-state index contributed by atoms with van der Waals surface area (Å²) in [6, 6.07) is 6.69. The molecule has 0 spiro atoms. The Hall–Kier alpha value is -2.08. The molecule has 0 aliphatic heterocycles. The van der Waals surface area contributed by atoms with Crippen molar-refractivity contribution in [3.8, 4) is 0 Å². The predicted octanol–water partition coefficient (Wildman–Crippen LogP) is 2.27. The fraction of sp³-hybridized carbons (Fsp3) is 0.154. The molecule has 1 aliphatic carbocycles. The van der Waals surface area contributed by atoms with E-state index in [2.05, 4.69) is 12.6 Å². The summed E-state index contributed by atoms with van der Waals surface area (Å²) < 4.78 is 0. The fourth-order valence-electron chi connectivity index (χ4n) is 2.00. The third kappa shape index (κ3) is 2.26. The van der Waals surface area contributed by atoms with E-state index < -0.39 is 22.3 Å². The van der Waals surface area contributed by atoms with Crippen molar-refractivity contribution in [1.29, 1.82) is 0 Å². The Morgan fingerprint density at radius 2 is 1.89 bits per heavy atom. The van der Waals surface area contributed by atoms with Gasteiger partial charge in [0.05, 0.1) is 11.5 Å². The van der Waals surface area contributed by atoms with Gasteiger partial charge in [-0.3, -0.25) is 14.9 Å². The number of rotatable bonds is 3. The van der Waals surface area contributed by atoms with Crippen molar-refractivity contribution in [1.82, 2.24) is 0 Å². The highest BCUT2D eigenvalue weighted by Gasteiger charge is 2.43. The summed E-state index contributed by atoms with van der Waals surface area (Å²) in [5.74, 6) is -1.87. The summed E-state index contributed by atoms with van der Waals surface area (Å²) in [5, 5.41) is 20.3. The van der Waals surface area contributed by atoms with Gasteiger partial charge in [-0.05, 0) is 18.2 Å². The number of hydrogen-bond donors (Lipinski definition) is 2. The van der Waals surface area contributed by atoms with E-state index in [4.69, 9.17) is 5.11 Å². The molecule has 0 aromatic heterocycles. The smallest absolute Gasteiger partial charge is 0.314 e. The van der Waals surface area contributed by atoms with Crippen molar-refractivity contribution in [2.75, 3.05) is 0 Å². The molecule has 1 aliphatic rings. The Bertz CT molecular complexity index is 580. The zero-order chi connectivity index (χ0) is 14.0. The van der Waals surface area contributed by atoms with Crippen LogP contribution in [0.1, 0.15) is 5.56 Å². The topological polar surface area (TPSA) is 80.4 Å². The van der Waals surface area contributed by atoms with Gasteiger partial charge in [-0.25, -0.2) is 0 Å². The molecule has 0 bridgehead atoms. The molecule has 19 heavy (non-hydrogen) atoms. The molecule has 2 rings (SSSR count). The highest BCUT2D eigenvalue weighted by Crippen LogP contribution is 2.35. The van der Waals surface area contributed by atoms with Crippen LogP contribution >= 0.6 is 12.6 Å². The minimum atomic E-state index is -1.55. The lowest BCUT2D eigenvalue weighted by Crippen LogP contribution is -2.34. The van der Waals surface area contributed by atoms with Crippen molar-refractivity contribution < 1.29 is 14.8 Å². The van der Waals surface area contributed by atoms with Crippen LogP contribution in [-0.4, -0.2) is 16.0 Å². The number of nitrogens with zero attached hydrogens (tertiary/aromatic N) is 1. The third-order valence-corrected chi connectivity index (χ3v) is 3.43. The van der Waals surface area contributed by atoms with Crippen LogP contribution in [0.2, 0.25) is 0 Å². The second kappa shape index (κ2) is 4.89. The number of hydrogen-bond acceptors (Lipinski definition) is 4. The normalized spacial score (nSPS) is 25.2. The van der Waals surface area contributed by atoms with Crippen LogP contribution in [0.25, 0.3) is 0 Å². The minimum absolute atomic E-state index is 0.416. The maximum Gasteiger partial charge on any atom is 0.314 e. The van der Waals surface area contributed by atoms with Crippen LogP contribution in [0, 0.1) is 16.0 Å². The molecule has 5 nitrogen and oxygen atoms in total. The monoisotopic (exact) mass is 277 g/mol. The SMILES string of the molecule is O=C(O)C1C=CC(c2ccccc2S)([N+](=O)[O-])C=C1. The summed E-state index contributed by atoms with van der Waals surface area (Å²) in [6.45, 7) is 0. The van der Waals surface area contributed by atoms with Crippen LogP contribution < -0.4 is 0 Å². The van der Waals surface area contributed by atoms with Crippen LogP contribution in [-0.2, 0) is 10.3 Å². The maximum absolute atomic E-state index is 11.4. The number of carboxylic acid groups (broad SMARTS) is 1. The summed E-state index contributed by atoms with van der Waals surface area (Å²) in [5.41, 5.74) is -1.13. The summed E-state index contributed by atoms with van der Waals surface area (Å²) in [7, 11) is 0. The van der Waals surface area contributed by atoms with Crippen molar-refractivity contribution in [2.45, 2.75) is 10.4 Å². The van der Waals surface area contributed by atoms with Crippen molar-refractivity contribution in [2.24, 2.45) is 5.92 Å². The molecule has 1 N–H and O–H groups in total. The van der Waals surface area contributed by atoms with Gasteiger partial charge in [0.25, 0.3) is 5.54 Å². The van der Waals surface area contributed by atoms with Crippen LogP contribution in [0.5, 0.6) is 0 Å². The number of nitro groups is 1. The lowest BCUT2D eigenvalue weighted by molar-refractivity contribution is -0.549. The Kier molecular flexibility index (Phi) is 3.44. The zero-order valence-corrected chi connectivity index (χ0v) is 10.7. The van der Waals surface area contributed by atoms with E-state index in [9.17, 15) is 14.9 Å². The van der Waals surface area contributed by atoms with E-state index in [1.807, 2.05) is 0 Å². The standard InChI is InChI=1S/C13H11NO4S/c15-12(16)9-5-7-13(8-6-9,14(17)18)10-3-1-2-4-11(10)19/h1-9,19H,(H,15,16). The molecule has 0 atom stereocenters. The van der Waals surface area contributed by atoms with Gasteiger partial charge in [0.2, 0.25) is 0 Å². The van der Waals surface area contributed by atoms with E-state index in [1.54, 1.807) is 24.3 Å². The second-order valence-corrected chi connectivity index (χ2v) is 4.66. The molecule has 6 heteroatoms. The van der Waals surface area contributed by atoms with Crippen LogP contribution in [0.3, 0.4) is 0 Å². The average molecular weight is 277 g/mol. The summed E-state index contributed by atoms with van der Waals surface area (Å²) in [6.07, 6.45) is 5.26. The average Bonchev–Trinajstić information content (AvgIpc) is 2.39. The van der Waals surface area contributed by atoms with E-state index in [-0.39, 0.29) is 0 Å². The number of thiol groups is 1. The van der Waals surface area contributed by atoms with Gasteiger partial charge in [-0.2, -0.15) is 0 Å². The van der Waals surface area contributed by atoms with Crippen molar-refractivity contribution >= 4 is 18.6 Å². The van der Waals surface area contributed by atoms with E-state index >= 15 is 0 Å². The molecule has 0 unspecified atom stereocenters. The Morgan fingerprint density at radius 1 is 1.32 bits per heavy atom. The Balaban J connectivity index is 2.52. The molecule has 0 saturated heterocycles. The molecule has 1 aromatic rings. The predicted molar refractivity (Wildman–Crippen MR) is 71.8 cm³/mol. The third-order valence-electron chi connectivity index (χ3n) is 3.04. The molecule has 1 aromatic carbocycles. The van der Waals surface area contributed by atoms with Gasteiger partial charge in [0, 0.05) is 9.82 Å². The molecule has 98 valence electrons. The molecule has 0 saturated carbocycles. The van der Waals surface area contributed by atoms with Gasteiger partial charge in [-0.15, -0.1) is 12.6 Å². The number of carboxylic acids is 1. The van der Waals surface area contributed by atoms with E-state index in [0.29, 0.717) is 10.5 Å². The van der Waals surface area contributed by atoms with Crippen molar-refractivity contribution in [3.63, 3.8) is 0 Å². The summed E-state index contributed by atoms with van der Waals surface area (Å²) in [4.78, 5) is 22.3. The van der Waals surface area contributed by atoms with E-state index in [1.165, 1.54) is 24.3 Å². The van der Waals surface area contributed by atoms with Crippen molar-refractivity contribution in [3.05, 3.63) is 64.2 Å². The molecule has 0 radical (unpaired) electrons. The van der Waals surface area contributed by atoms with Gasteiger partial charge in [-0.1, -0.05) is 30.4 Å². The van der Waals surface area contributed by atoms with Crippen LogP contribution in [0.4, 0.5) is 0 Å². The molecular formula is C13H11NO4S. The molecular weight excluding hydrogens is 266 g/mol. The van der Waals surface area contributed by atoms with E-state index in [0.717, 1.165) is 0 Å². The molecule has 0 fully saturated rings.